The van der Waals surface area contributed by atoms with E-state index in [1.165, 1.54) is 0 Å². The summed E-state index contributed by atoms with van der Waals surface area (Å²) >= 11 is 0. The van der Waals surface area contributed by atoms with Crippen LogP contribution in [0.2, 0.25) is 0 Å². The number of hydrogen-bond acceptors (Lipinski definition) is 14. The maximum absolute atomic E-state index is 13.0. The number of carbonyl (C=O) groups is 2. The van der Waals surface area contributed by atoms with Crippen molar-refractivity contribution in [3.8, 4) is 0 Å². The van der Waals surface area contributed by atoms with Gasteiger partial charge < -0.3 is 49.7 Å². The normalized spacial score (nSPS) is 22.3. The molecule has 0 aromatic carbocycles. The van der Waals surface area contributed by atoms with Crippen molar-refractivity contribution >= 4 is 27.6 Å². The average molecular weight is 1030 g/mol. The smallest absolute Gasteiger partial charge is 0.462 e. The highest BCUT2D eigenvalue weighted by Crippen LogP contribution is 2.49. The van der Waals surface area contributed by atoms with Crippen LogP contribution in [0.25, 0.3) is 0 Å². The van der Waals surface area contributed by atoms with Gasteiger partial charge in [0, 0.05) is 12.8 Å². The number of unbranched alkanes of at least 4 members (excludes halogenated alkanes) is 7. The van der Waals surface area contributed by atoms with E-state index >= 15 is 0 Å². The van der Waals surface area contributed by atoms with Crippen molar-refractivity contribution < 1.29 is 82.0 Å². The number of esters is 2. The third-order valence-corrected chi connectivity index (χ3v) is 12.3. The Morgan fingerprint density at radius 2 is 0.957 bits per heavy atom. The molecule has 70 heavy (non-hydrogen) atoms. The van der Waals surface area contributed by atoms with Gasteiger partial charge in [-0.2, -0.15) is 0 Å². The molecule has 1 aliphatic rings. The number of aliphatic hydroxyl groups is 5. The van der Waals surface area contributed by atoms with Crippen molar-refractivity contribution in [1.29, 1.82) is 0 Å². The zero-order valence-corrected chi connectivity index (χ0v) is 43.1. The second kappa shape index (κ2) is 40.4. The van der Waals surface area contributed by atoms with Gasteiger partial charge in [-0.05, 0) is 96.3 Å². The first-order chi connectivity index (χ1) is 33.5. The topological polar surface area (TPSA) is 276 Å². The van der Waals surface area contributed by atoms with Gasteiger partial charge in [0.05, 0.1) is 12.7 Å². The fourth-order valence-corrected chi connectivity index (χ4v) is 8.35. The minimum Gasteiger partial charge on any atom is -0.462 e. The van der Waals surface area contributed by atoms with E-state index in [0.717, 1.165) is 103 Å². The standard InChI is InChI=1S/C51H84O17P2/c1-3-5-6-7-8-9-10-11-12-13-14-15-16-21-24-27-30-33-36-39-45(54)66-43(41-65-70(62,63)68-51-48(57)46(55)47(56)50(49(51)58)67-69(59,60)61)40-64-44(53)38-35-32-29-26-23-20-18-17-19-22-25-28-31-34-37-42(52)4-2/h5-6,8-9,11-12,14-15,18-20,22,26,28-29,31,42-43,46-52,55-58H,3-4,7,10,13,16-17,21,23-25,27,30,32-41H2,1-2H3,(H,62,63)(H2,59,60,61)/b6-5-,9-8-,12-11-,15-14-,20-18-,22-19-,29-26-,31-28-/t42-,43+,46?,47?,48?,49?,50+,51-/m0/s1. The van der Waals surface area contributed by atoms with Crippen molar-refractivity contribution in [1.82, 2.24) is 0 Å². The predicted octanol–water partition coefficient (Wildman–Crippen LogP) is 8.92. The Labute approximate surface area is 416 Å². The predicted molar refractivity (Wildman–Crippen MR) is 270 cm³/mol. The summed E-state index contributed by atoms with van der Waals surface area (Å²) in [4.78, 5) is 54.4. The van der Waals surface area contributed by atoms with Gasteiger partial charge in [0.2, 0.25) is 0 Å². The highest BCUT2D eigenvalue weighted by molar-refractivity contribution is 7.47. The maximum Gasteiger partial charge on any atom is 0.472 e. The maximum atomic E-state index is 13.0. The van der Waals surface area contributed by atoms with Gasteiger partial charge in [0.25, 0.3) is 0 Å². The number of phosphoric acid groups is 2. The van der Waals surface area contributed by atoms with E-state index in [1.807, 2.05) is 25.2 Å². The molecule has 0 aliphatic heterocycles. The first-order valence-corrected chi connectivity index (χ1v) is 27.9. The third kappa shape index (κ3) is 34.3. The molecule has 1 saturated carbocycles. The van der Waals surface area contributed by atoms with Crippen LogP contribution in [0.4, 0.5) is 0 Å². The van der Waals surface area contributed by atoms with Crippen LogP contribution in [0.1, 0.15) is 149 Å². The molecule has 0 saturated heterocycles. The zero-order valence-electron chi connectivity index (χ0n) is 41.3. The van der Waals surface area contributed by atoms with Crippen LogP contribution < -0.4 is 0 Å². The lowest BCUT2D eigenvalue weighted by molar-refractivity contribution is -0.216. The summed E-state index contributed by atoms with van der Waals surface area (Å²) in [5.74, 6) is -1.31. The van der Waals surface area contributed by atoms with Crippen LogP contribution in [-0.2, 0) is 41.8 Å². The summed E-state index contributed by atoms with van der Waals surface area (Å²) < 4.78 is 49.4. The Hall–Kier alpha value is -3.12. The minimum absolute atomic E-state index is 0.00340. The Morgan fingerprint density at radius 1 is 0.514 bits per heavy atom. The Bertz CT molecular complexity index is 1730. The highest BCUT2D eigenvalue weighted by atomic mass is 31.2. The molecule has 5 unspecified atom stereocenters. The highest BCUT2D eigenvalue weighted by Gasteiger charge is 2.54. The van der Waals surface area contributed by atoms with E-state index in [4.69, 9.17) is 18.5 Å². The summed E-state index contributed by atoms with van der Waals surface area (Å²) in [5, 5.41) is 50.9. The van der Waals surface area contributed by atoms with Gasteiger partial charge in [0.15, 0.2) is 6.10 Å². The van der Waals surface area contributed by atoms with Crippen molar-refractivity contribution in [2.75, 3.05) is 13.2 Å². The van der Waals surface area contributed by atoms with Crippen LogP contribution in [-0.4, -0.2) is 114 Å². The van der Waals surface area contributed by atoms with Gasteiger partial charge in [-0.3, -0.25) is 23.2 Å². The molecule has 1 aliphatic carbocycles. The first kappa shape index (κ1) is 64.9. The lowest BCUT2D eigenvalue weighted by atomic mass is 9.85. The van der Waals surface area contributed by atoms with Crippen LogP contribution in [0.3, 0.4) is 0 Å². The van der Waals surface area contributed by atoms with Gasteiger partial charge >= 0.3 is 27.6 Å². The van der Waals surface area contributed by atoms with Crippen LogP contribution in [0.5, 0.6) is 0 Å². The molecule has 19 heteroatoms. The zero-order chi connectivity index (χ0) is 51.9. The fraction of sp³-hybridized carbons (Fsp3) is 0.647. The minimum atomic E-state index is -5.38. The van der Waals surface area contributed by atoms with Crippen molar-refractivity contribution in [3.63, 3.8) is 0 Å². The second-order valence-electron chi connectivity index (χ2n) is 16.9. The average Bonchev–Trinajstić information content (AvgIpc) is 3.32. The van der Waals surface area contributed by atoms with Crippen LogP contribution >= 0.6 is 15.6 Å². The number of ether oxygens (including phenoxy) is 2. The molecule has 0 heterocycles. The van der Waals surface area contributed by atoms with Gasteiger partial charge in [-0.1, -0.05) is 137 Å². The molecule has 0 aromatic heterocycles. The van der Waals surface area contributed by atoms with E-state index in [9.17, 15) is 58.9 Å². The van der Waals surface area contributed by atoms with E-state index in [-0.39, 0.29) is 18.9 Å². The molecule has 0 spiro atoms. The summed E-state index contributed by atoms with van der Waals surface area (Å²) in [6, 6.07) is 0. The van der Waals surface area contributed by atoms with Gasteiger partial charge in [0.1, 0.15) is 43.2 Å². The van der Waals surface area contributed by atoms with E-state index in [0.29, 0.717) is 19.3 Å². The van der Waals surface area contributed by atoms with Crippen molar-refractivity contribution in [2.24, 2.45) is 0 Å². The Kier molecular flexibility index (Phi) is 37.4. The van der Waals surface area contributed by atoms with Gasteiger partial charge in [-0.25, -0.2) is 9.13 Å². The third-order valence-electron chi connectivity index (χ3n) is 10.8. The molecule has 0 bridgehead atoms. The molecule has 400 valence electrons. The number of rotatable bonds is 40. The molecule has 0 aromatic rings. The molecule has 9 atom stereocenters. The fourth-order valence-electron chi connectivity index (χ4n) is 6.81. The van der Waals surface area contributed by atoms with Crippen molar-refractivity contribution in [2.45, 2.75) is 198 Å². The lowest BCUT2D eigenvalue weighted by Gasteiger charge is -2.43. The molecule has 1 fully saturated rings. The second-order valence-corrected chi connectivity index (χ2v) is 19.5. The monoisotopic (exact) mass is 1030 g/mol. The largest absolute Gasteiger partial charge is 0.472 e. The Balaban J connectivity index is 2.62. The van der Waals surface area contributed by atoms with Crippen molar-refractivity contribution in [3.05, 3.63) is 97.2 Å². The van der Waals surface area contributed by atoms with Crippen LogP contribution in [0.15, 0.2) is 97.2 Å². The molecule has 8 N–H and O–H groups in total. The number of phosphoric ester groups is 2. The quantitative estimate of drug-likeness (QED) is 0.0123. The Morgan fingerprint density at radius 3 is 1.47 bits per heavy atom. The van der Waals surface area contributed by atoms with E-state index in [2.05, 4.69) is 90.4 Å². The molecular weight excluding hydrogens is 946 g/mol. The van der Waals surface area contributed by atoms with E-state index < -0.39 is 83.5 Å². The molecular formula is C51H84O17P2. The number of carbonyl (C=O) groups excluding carboxylic acids is 2. The first-order valence-electron chi connectivity index (χ1n) is 24.9. The number of aliphatic hydroxyl groups excluding tert-OH is 5. The molecule has 0 amide bonds. The summed E-state index contributed by atoms with van der Waals surface area (Å²) in [6.07, 6.45) is 34.4. The molecule has 17 nitrogen and oxygen atoms in total. The van der Waals surface area contributed by atoms with Gasteiger partial charge in [-0.15, -0.1) is 0 Å². The SMILES string of the molecule is CC/C=C\C/C=C\C/C=C\C/C=C\CCCCCCCCC(=O)O[C@H](COC(=O)CCC/C=C\C/C=C\C/C=C\C/C=C\CC[C@@H](O)CC)COP(=O)(O)O[C@H]1C(O)C(O)C(O)[C@@H](OP(=O)(O)O)C1O. The van der Waals surface area contributed by atoms with E-state index in [1.54, 1.807) is 0 Å². The lowest BCUT2D eigenvalue weighted by Crippen LogP contribution is -2.64. The molecule has 1 rings (SSSR count). The number of hydrogen-bond donors (Lipinski definition) is 8. The summed E-state index contributed by atoms with van der Waals surface area (Å²) in [6.45, 7) is 2.66. The summed E-state index contributed by atoms with van der Waals surface area (Å²) in [7, 11) is -10.7. The van der Waals surface area contributed by atoms with Crippen LogP contribution in [0, 0.1) is 0 Å². The summed E-state index contributed by atoms with van der Waals surface area (Å²) in [5.41, 5.74) is 0. The molecule has 0 radical (unpaired) electrons. The number of allylic oxidation sites excluding steroid dienone is 16.